The number of hydrogen-bond acceptors (Lipinski definition) is 5. The maximum absolute atomic E-state index is 11.9. The van der Waals surface area contributed by atoms with Crippen LogP contribution in [0.2, 0.25) is 0 Å². The van der Waals surface area contributed by atoms with Gasteiger partial charge in [0, 0.05) is 18.5 Å². The second-order valence-corrected chi connectivity index (χ2v) is 6.70. The summed E-state index contributed by atoms with van der Waals surface area (Å²) in [6.45, 7) is 7.89. The van der Waals surface area contributed by atoms with Crippen LogP contribution in [0.4, 0.5) is 0 Å². The number of ether oxygens (including phenoxy) is 2. The van der Waals surface area contributed by atoms with Crippen molar-refractivity contribution in [2.45, 2.75) is 46.4 Å². The predicted octanol–water partition coefficient (Wildman–Crippen LogP) is 3.79. The molecule has 0 aliphatic heterocycles. The fourth-order valence-electron chi connectivity index (χ4n) is 2.96. The zero-order valence-corrected chi connectivity index (χ0v) is 16.6. The second kappa shape index (κ2) is 9.37. The Balaban J connectivity index is 1.70. The summed E-state index contributed by atoms with van der Waals surface area (Å²) >= 11 is 0. The van der Waals surface area contributed by atoms with Gasteiger partial charge < -0.3 is 14.8 Å². The van der Waals surface area contributed by atoms with Crippen LogP contribution in [0.3, 0.4) is 0 Å². The van der Waals surface area contributed by atoms with Crippen LogP contribution in [0.5, 0.6) is 11.5 Å². The highest BCUT2D eigenvalue weighted by molar-refractivity contribution is 5.83. The van der Waals surface area contributed by atoms with Crippen molar-refractivity contribution >= 4 is 10.8 Å². The molecule has 2 aromatic carbocycles. The molecule has 3 aromatic rings. The SMILES string of the molecule is CCOc1cc(CNCc2n[nH]c(=O)c3ccccc23)ccc1O[C@H](C)CC. The van der Waals surface area contributed by atoms with Gasteiger partial charge in [-0.05, 0) is 44.0 Å². The van der Waals surface area contributed by atoms with Crippen molar-refractivity contribution in [3.05, 3.63) is 64.1 Å². The molecule has 2 N–H and O–H groups in total. The minimum atomic E-state index is -0.169. The van der Waals surface area contributed by atoms with Gasteiger partial charge in [-0.15, -0.1) is 0 Å². The van der Waals surface area contributed by atoms with Gasteiger partial charge in [0.1, 0.15) is 0 Å². The lowest BCUT2D eigenvalue weighted by Gasteiger charge is -2.17. The molecule has 0 saturated carbocycles. The molecule has 1 heterocycles. The number of fused-ring (bicyclic) bond motifs is 1. The number of nitrogens with one attached hydrogen (secondary N) is 2. The number of benzene rings is 2. The molecule has 0 unspecified atom stereocenters. The largest absolute Gasteiger partial charge is 0.490 e. The molecule has 3 rings (SSSR count). The maximum Gasteiger partial charge on any atom is 0.272 e. The lowest BCUT2D eigenvalue weighted by atomic mass is 10.1. The van der Waals surface area contributed by atoms with E-state index in [1.54, 1.807) is 0 Å². The van der Waals surface area contributed by atoms with Gasteiger partial charge in [0.05, 0.1) is 23.8 Å². The van der Waals surface area contributed by atoms with E-state index in [4.69, 9.17) is 9.47 Å². The van der Waals surface area contributed by atoms with E-state index < -0.39 is 0 Å². The monoisotopic (exact) mass is 381 g/mol. The lowest BCUT2D eigenvalue weighted by Crippen LogP contribution is -2.18. The van der Waals surface area contributed by atoms with E-state index in [2.05, 4.69) is 22.4 Å². The molecule has 0 aliphatic rings. The van der Waals surface area contributed by atoms with Crippen LogP contribution in [0, 0.1) is 0 Å². The van der Waals surface area contributed by atoms with Gasteiger partial charge in [-0.2, -0.15) is 5.10 Å². The van der Waals surface area contributed by atoms with Crippen LogP contribution in [0.25, 0.3) is 10.8 Å². The Morgan fingerprint density at radius 3 is 2.61 bits per heavy atom. The summed E-state index contributed by atoms with van der Waals surface area (Å²) in [4.78, 5) is 11.9. The van der Waals surface area contributed by atoms with Crippen LogP contribution in [0.15, 0.2) is 47.3 Å². The Morgan fingerprint density at radius 1 is 1.07 bits per heavy atom. The Labute approximate surface area is 164 Å². The lowest BCUT2D eigenvalue weighted by molar-refractivity contribution is 0.203. The highest BCUT2D eigenvalue weighted by atomic mass is 16.5. The first kappa shape index (κ1) is 19.9. The van der Waals surface area contributed by atoms with Crippen molar-refractivity contribution in [3.63, 3.8) is 0 Å². The summed E-state index contributed by atoms with van der Waals surface area (Å²) in [6, 6.07) is 13.5. The van der Waals surface area contributed by atoms with Crippen LogP contribution in [0.1, 0.15) is 38.4 Å². The molecule has 6 nitrogen and oxygen atoms in total. The Morgan fingerprint density at radius 2 is 1.86 bits per heavy atom. The van der Waals surface area contributed by atoms with Crippen molar-refractivity contribution in [3.8, 4) is 11.5 Å². The summed E-state index contributed by atoms with van der Waals surface area (Å²) < 4.78 is 11.7. The molecule has 0 spiro atoms. The fourth-order valence-corrected chi connectivity index (χ4v) is 2.96. The minimum absolute atomic E-state index is 0.141. The van der Waals surface area contributed by atoms with Gasteiger partial charge in [-0.1, -0.05) is 31.2 Å². The maximum atomic E-state index is 11.9. The summed E-state index contributed by atoms with van der Waals surface area (Å²) in [5, 5.41) is 11.7. The first-order valence-corrected chi connectivity index (χ1v) is 9.71. The third-order valence-corrected chi connectivity index (χ3v) is 4.61. The molecule has 148 valence electrons. The molecule has 6 heteroatoms. The summed E-state index contributed by atoms with van der Waals surface area (Å²) in [5.74, 6) is 1.53. The first-order chi connectivity index (χ1) is 13.6. The zero-order valence-electron chi connectivity index (χ0n) is 16.6. The summed E-state index contributed by atoms with van der Waals surface area (Å²) in [5.41, 5.74) is 1.74. The smallest absolute Gasteiger partial charge is 0.272 e. The number of H-pyrrole nitrogens is 1. The standard InChI is InChI=1S/C22H27N3O3/c1-4-15(3)28-20-11-10-16(12-21(20)27-5-2)13-23-14-19-17-8-6-7-9-18(17)22(26)25-24-19/h6-12,15,23H,4-5,13-14H2,1-3H3,(H,25,26)/t15-/m1/s1. The van der Waals surface area contributed by atoms with E-state index in [-0.39, 0.29) is 11.7 Å². The fraction of sp³-hybridized carbons (Fsp3) is 0.364. The third kappa shape index (κ3) is 4.70. The molecule has 28 heavy (non-hydrogen) atoms. The first-order valence-electron chi connectivity index (χ1n) is 9.71. The molecule has 1 atom stereocenters. The minimum Gasteiger partial charge on any atom is -0.490 e. The van der Waals surface area contributed by atoms with Crippen molar-refractivity contribution in [1.29, 1.82) is 0 Å². The molecular formula is C22H27N3O3. The topological polar surface area (TPSA) is 76.2 Å². The quantitative estimate of drug-likeness (QED) is 0.590. The van der Waals surface area contributed by atoms with E-state index in [1.165, 1.54) is 0 Å². The van der Waals surface area contributed by atoms with Crippen molar-refractivity contribution in [2.24, 2.45) is 0 Å². The van der Waals surface area contributed by atoms with Gasteiger partial charge in [-0.25, -0.2) is 5.10 Å². The predicted molar refractivity (Wildman–Crippen MR) is 111 cm³/mol. The summed E-state index contributed by atoms with van der Waals surface area (Å²) in [6.07, 6.45) is 1.08. The molecule has 1 aromatic heterocycles. The number of aromatic nitrogens is 2. The number of hydrogen-bond donors (Lipinski definition) is 2. The van der Waals surface area contributed by atoms with E-state index >= 15 is 0 Å². The molecular weight excluding hydrogens is 354 g/mol. The molecule has 0 fully saturated rings. The Bertz CT molecular complexity index is 984. The van der Waals surface area contributed by atoms with Gasteiger partial charge in [0.25, 0.3) is 5.56 Å². The van der Waals surface area contributed by atoms with Gasteiger partial charge >= 0.3 is 0 Å². The van der Waals surface area contributed by atoms with E-state index in [0.717, 1.165) is 34.6 Å². The van der Waals surface area contributed by atoms with Gasteiger partial charge in [0.2, 0.25) is 0 Å². The number of aromatic amines is 1. The van der Waals surface area contributed by atoms with Crippen molar-refractivity contribution < 1.29 is 9.47 Å². The van der Waals surface area contributed by atoms with Crippen molar-refractivity contribution in [1.82, 2.24) is 15.5 Å². The third-order valence-electron chi connectivity index (χ3n) is 4.61. The van der Waals surface area contributed by atoms with E-state index in [1.807, 2.05) is 56.3 Å². The highest BCUT2D eigenvalue weighted by Crippen LogP contribution is 2.29. The second-order valence-electron chi connectivity index (χ2n) is 6.70. The molecule has 0 aliphatic carbocycles. The van der Waals surface area contributed by atoms with Crippen LogP contribution >= 0.6 is 0 Å². The summed E-state index contributed by atoms with van der Waals surface area (Å²) in [7, 11) is 0. The van der Waals surface area contributed by atoms with Crippen LogP contribution in [-0.2, 0) is 13.1 Å². The highest BCUT2D eigenvalue weighted by Gasteiger charge is 2.10. The van der Waals surface area contributed by atoms with Crippen LogP contribution < -0.4 is 20.3 Å². The number of nitrogens with zero attached hydrogens (tertiary/aromatic N) is 1. The van der Waals surface area contributed by atoms with Gasteiger partial charge in [-0.3, -0.25) is 4.79 Å². The number of rotatable bonds is 9. The molecule has 0 bridgehead atoms. The average Bonchev–Trinajstić information content (AvgIpc) is 2.72. The van der Waals surface area contributed by atoms with E-state index in [9.17, 15) is 4.79 Å². The average molecular weight is 381 g/mol. The molecule has 0 saturated heterocycles. The van der Waals surface area contributed by atoms with Crippen molar-refractivity contribution in [2.75, 3.05) is 6.61 Å². The Hall–Kier alpha value is -2.86. The van der Waals surface area contributed by atoms with E-state index in [0.29, 0.717) is 25.1 Å². The molecule has 0 amide bonds. The normalized spacial score (nSPS) is 12.1. The molecule has 0 radical (unpaired) electrons. The van der Waals surface area contributed by atoms with Crippen LogP contribution in [-0.4, -0.2) is 22.9 Å². The Kier molecular flexibility index (Phi) is 6.66. The van der Waals surface area contributed by atoms with Gasteiger partial charge in [0.15, 0.2) is 11.5 Å². The zero-order chi connectivity index (χ0) is 19.9.